The number of anilines is 1. The summed E-state index contributed by atoms with van der Waals surface area (Å²) in [5.41, 5.74) is 7.97. The fourth-order valence-electron chi connectivity index (χ4n) is 3.11. The molecule has 2 atom stereocenters. The molecule has 0 saturated carbocycles. The van der Waals surface area contributed by atoms with E-state index in [1.807, 2.05) is 18.2 Å². The van der Waals surface area contributed by atoms with E-state index in [9.17, 15) is 4.79 Å². The Hall–Kier alpha value is -1.39. The average molecular weight is 289 g/mol. The molecule has 1 aliphatic rings. The summed E-state index contributed by atoms with van der Waals surface area (Å²) in [6.07, 6.45) is 4.43. The minimum atomic E-state index is 0.0513. The number of nitrogens with two attached hydrogens (primary N) is 1. The van der Waals surface area contributed by atoms with E-state index < -0.39 is 0 Å². The zero-order chi connectivity index (χ0) is 15.2. The molecule has 0 aliphatic carbocycles. The Bertz CT molecular complexity index is 475. The molecule has 1 aromatic rings. The number of carbonyl (C=O) groups is 1. The first-order chi connectivity index (χ1) is 10.1. The highest BCUT2D eigenvalue weighted by atomic mass is 16.2. The van der Waals surface area contributed by atoms with Crippen LogP contribution in [0.3, 0.4) is 0 Å². The number of aryl methyl sites for hydroxylation is 1. The van der Waals surface area contributed by atoms with E-state index in [0.717, 1.165) is 24.9 Å². The molecule has 116 valence electrons. The van der Waals surface area contributed by atoms with Gasteiger partial charge in [0.15, 0.2) is 0 Å². The highest BCUT2D eigenvalue weighted by molar-refractivity contribution is 5.92. The summed E-state index contributed by atoms with van der Waals surface area (Å²) >= 11 is 0. The largest absolute Gasteiger partial charge is 0.329 e. The van der Waals surface area contributed by atoms with Crippen LogP contribution in [0.4, 0.5) is 5.69 Å². The number of carbonyl (C=O) groups excluding carboxylic acids is 1. The first-order valence-electron chi connectivity index (χ1n) is 7.98. The third kappa shape index (κ3) is 4.29. The maximum absolute atomic E-state index is 12.3. The molecular weight excluding hydrogens is 262 g/mol. The summed E-state index contributed by atoms with van der Waals surface area (Å²) in [4.78, 5) is 14.5. The molecule has 1 fully saturated rings. The zero-order valence-corrected chi connectivity index (χ0v) is 13.1. The molecule has 2 unspecified atom stereocenters. The fourth-order valence-corrected chi connectivity index (χ4v) is 3.11. The van der Waals surface area contributed by atoms with Gasteiger partial charge in [-0.3, -0.25) is 9.69 Å². The van der Waals surface area contributed by atoms with Gasteiger partial charge in [0.1, 0.15) is 0 Å². The van der Waals surface area contributed by atoms with Gasteiger partial charge in [-0.05, 0) is 43.9 Å². The van der Waals surface area contributed by atoms with E-state index in [-0.39, 0.29) is 5.91 Å². The molecule has 4 heteroatoms. The minimum absolute atomic E-state index is 0.0513. The molecule has 0 bridgehead atoms. The lowest BCUT2D eigenvalue weighted by Crippen LogP contribution is -2.51. The first kappa shape index (κ1) is 16.0. The monoisotopic (exact) mass is 289 g/mol. The van der Waals surface area contributed by atoms with Gasteiger partial charge in [-0.15, -0.1) is 0 Å². The summed E-state index contributed by atoms with van der Waals surface area (Å²) in [5.74, 6) is 0.0513. The molecule has 0 radical (unpaired) electrons. The SMILES string of the molecule is CCc1cccc(NC(=O)CN2C(C)CCCC2CN)c1. The quantitative estimate of drug-likeness (QED) is 0.875. The van der Waals surface area contributed by atoms with Crippen LogP contribution < -0.4 is 11.1 Å². The maximum atomic E-state index is 12.3. The van der Waals surface area contributed by atoms with Crippen molar-refractivity contribution in [2.24, 2.45) is 5.73 Å². The highest BCUT2D eigenvalue weighted by Crippen LogP contribution is 2.22. The molecule has 4 nitrogen and oxygen atoms in total. The fraction of sp³-hybridized carbons (Fsp3) is 0.588. The van der Waals surface area contributed by atoms with Crippen molar-refractivity contribution < 1.29 is 4.79 Å². The second-order valence-electron chi connectivity index (χ2n) is 5.94. The van der Waals surface area contributed by atoms with Gasteiger partial charge in [-0.25, -0.2) is 0 Å². The van der Waals surface area contributed by atoms with Crippen molar-refractivity contribution in [3.8, 4) is 0 Å². The van der Waals surface area contributed by atoms with Crippen molar-refractivity contribution in [2.45, 2.75) is 51.6 Å². The number of hydrogen-bond donors (Lipinski definition) is 2. The predicted octanol–water partition coefficient (Wildman–Crippen LogP) is 2.39. The second kappa shape index (κ2) is 7.57. The number of rotatable bonds is 5. The van der Waals surface area contributed by atoms with Crippen molar-refractivity contribution in [1.82, 2.24) is 4.90 Å². The first-order valence-corrected chi connectivity index (χ1v) is 7.98. The van der Waals surface area contributed by atoms with Gasteiger partial charge in [-0.1, -0.05) is 25.5 Å². The van der Waals surface area contributed by atoms with Gasteiger partial charge in [0.05, 0.1) is 6.54 Å². The van der Waals surface area contributed by atoms with Crippen molar-refractivity contribution >= 4 is 11.6 Å². The van der Waals surface area contributed by atoms with E-state index in [2.05, 4.69) is 30.1 Å². The van der Waals surface area contributed by atoms with Crippen molar-refractivity contribution in [3.63, 3.8) is 0 Å². The van der Waals surface area contributed by atoms with Crippen molar-refractivity contribution in [2.75, 3.05) is 18.4 Å². The summed E-state index contributed by atoms with van der Waals surface area (Å²) in [5, 5.41) is 3.01. The average Bonchev–Trinajstić information content (AvgIpc) is 2.49. The van der Waals surface area contributed by atoms with E-state index in [0.29, 0.717) is 25.2 Å². The highest BCUT2D eigenvalue weighted by Gasteiger charge is 2.28. The third-order valence-electron chi connectivity index (χ3n) is 4.41. The Kier molecular flexibility index (Phi) is 5.76. The maximum Gasteiger partial charge on any atom is 0.238 e. The van der Waals surface area contributed by atoms with Crippen LogP contribution in [-0.2, 0) is 11.2 Å². The van der Waals surface area contributed by atoms with Gasteiger partial charge in [0.25, 0.3) is 0 Å². The van der Waals surface area contributed by atoms with Crippen LogP contribution in [0.5, 0.6) is 0 Å². The third-order valence-corrected chi connectivity index (χ3v) is 4.41. The standard InChI is InChI=1S/C17H27N3O/c1-3-14-7-5-8-15(10-14)19-17(21)12-20-13(2)6-4-9-16(20)11-18/h5,7-8,10,13,16H,3-4,6,9,11-12,18H2,1-2H3,(H,19,21). The van der Waals surface area contributed by atoms with Gasteiger partial charge in [0, 0.05) is 24.3 Å². The lowest BCUT2D eigenvalue weighted by molar-refractivity contribution is -0.118. The molecular formula is C17H27N3O. The Morgan fingerprint density at radius 1 is 1.43 bits per heavy atom. The lowest BCUT2D eigenvalue weighted by atomic mass is 9.96. The number of likely N-dealkylation sites (tertiary alicyclic amines) is 1. The molecule has 21 heavy (non-hydrogen) atoms. The molecule has 1 aromatic carbocycles. The van der Waals surface area contributed by atoms with E-state index in [1.165, 1.54) is 12.0 Å². The molecule has 2 rings (SSSR count). The Morgan fingerprint density at radius 2 is 2.24 bits per heavy atom. The normalized spacial score (nSPS) is 23.0. The molecule has 3 N–H and O–H groups in total. The molecule has 0 aromatic heterocycles. The Morgan fingerprint density at radius 3 is 2.95 bits per heavy atom. The second-order valence-corrected chi connectivity index (χ2v) is 5.94. The summed E-state index contributed by atoms with van der Waals surface area (Å²) in [6, 6.07) is 8.81. The number of nitrogens with zero attached hydrogens (tertiary/aromatic N) is 1. The van der Waals surface area contributed by atoms with Crippen LogP contribution in [0.15, 0.2) is 24.3 Å². The Balaban J connectivity index is 1.96. The summed E-state index contributed by atoms with van der Waals surface area (Å²) in [7, 11) is 0. The smallest absolute Gasteiger partial charge is 0.238 e. The Labute approximate surface area is 127 Å². The number of hydrogen-bond acceptors (Lipinski definition) is 3. The van der Waals surface area contributed by atoms with Crippen molar-refractivity contribution in [1.29, 1.82) is 0 Å². The molecule has 1 aliphatic heterocycles. The summed E-state index contributed by atoms with van der Waals surface area (Å²) < 4.78 is 0. The molecule has 1 saturated heterocycles. The van der Waals surface area contributed by atoms with Crippen LogP contribution >= 0.6 is 0 Å². The van der Waals surface area contributed by atoms with E-state index >= 15 is 0 Å². The predicted molar refractivity (Wildman–Crippen MR) is 87.3 cm³/mol. The lowest BCUT2D eigenvalue weighted by Gasteiger charge is -2.39. The topological polar surface area (TPSA) is 58.4 Å². The van der Waals surface area contributed by atoms with Crippen molar-refractivity contribution in [3.05, 3.63) is 29.8 Å². The van der Waals surface area contributed by atoms with Gasteiger partial charge >= 0.3 is 0 Å². The van der Waals surface area contributed by atoms with Crippen LogP contribution in [0.1, 0.15) is 38.7 Å². The van der Waals surface area contributed by atoms with Crippen LogP contribution in [0, 0.1) is 0 Å². The van der Waals surface area contributed by atoms with Gasteiger partial charge in [-0.2, -0.15) is 0 Å². The van der Waals surface area contributed by atoms with Crippen LogP contribution in [0.25, 0.3) is 0 Å². The van der Waals surface area contributed by atoms with Gasteiger partial charge < -0.3 is 11.1 Å². The number of nitrogens with one attached hydrogen (secondary N) is 1. The zero-order valence-electron chi connectivity index (χ0n) is 13.1. The molecule has 1 amide bonds. The number of benzene rings is 1. The number of piperidine rings is 1. The van der Waals surface area contributed by atoms with Gasteiger partial charge in [0.2, 0.25) is 5.91 Å². The van der Waals surface area contributed by atoms with Crippen LogP contribution in [-0.4, -0.2) is 36.0 Å². The van der Waals surface area contributed by atoms with E-state index in [4.69, 9.17) is 5.73 Å². The molecule has 0 spiro atoms. The van der Waals surface area contributed by atoms with Crippen LogP contribution in [0.2, 0.25) is 0 Å². The summed E-state index contributed by atoms with van der Waals surface area (Å²) in [6.45, 7) is 5.36. The molecule has 1 heterocycles. The minimum Gasteiger partial charge on any atom is -0.329 e. The number of amides is 1. The van der Waals surface area contributed by atoms with E-state index in [1.54, 1.807) is 0 Å².